The first kappa shape index (κ1) is 14.3. The molecule has 1 aromatic carbocycles. The first-order valence-electron chi connectivity index (χ1n) is 7.29. The Morgan fingerprint density at radius 3 is 2.57 bits per heavy atom. The van der Waals surface area contributed by atoms with E-state index >= 15 is 0 Å². The molecule has 2 aromatic rings. The van der Waals surface area contributed by atoms with Crippen LogP contribution < -0.4 is 0 Å². The van der Waals surface area contributed by atoms with Crippen molar-refractivity contribution >= 4 is 26.6 Å². The normalized spacial score (nSPS) is 17.1. The van der Waals surface area contributed by atoms with Gasteiger partial charge in [0.05, 0.1) is 5.25 Å². The summed E-state index contributed by atoms with van der Waals surface area (Å²) in [5.41, 5.74) is 0.607. The third-order valence-electron chi connectivity index (χ3n) is 4.09. The molecule has 1 saturated carbocycles. The summed E-state index contributed by atoms with van der Waals surface area (Å²) in [5, 5.41) is 0.454. The summed E-state index contributed by atoms with van der Waals surface area (Å²) in [6.45, 7) is 0. The number of Topliss-reactive ketones (excluding diaryl/α,β-unsaturated/α-hetero) is 1. The number of fused-ring (bicyclic) bond motifs is 1. The number of para-hydroxylation sites is 1. The monoisotopic (exact) mass is 306 g/mol. The van der Waals surface area contributed by atoms with E-state index in [0.717, 1.165) is 24.6 Å². The fourth-order valence-electron chi connectivity index (χ4n) is 2.92. The average molecular weight is 306 g/mol. The second-order valence-electron chi connectivity index (χ2n) is 5.64. The Morgan fingerprint density at radius 2 is 1.86 bits per heavy atom. The van der Waals surface area contributed by atoms with Gasteiger partial charge in [-0.25, -0.2) is 8.42 Å². The van der Waals surface area contributed by atoms with E-state index in [1.807, 2.05) is 18.2 Å². The molecule has 0 unspecified atom stereocenters. The van der Waals surface area contributed by atoms with Crippen LogP contribution in [-0.4, -0.2) is 25.2 Å². The number of hydrogen-bond acceptors (Lipinski definition) is 4. The van der Waals surface area contributed by atoms with E-state index in [1.165, 1.54) is 0 Å². The standard InChI is InChI=1S/C16H18O4S/c17-14(11-21(18,19)13-7-2-1-3-8-13)16-10-12-6-4-5-9-15(12)20-16/h4-6,9-10,13H,1-3,7-8,11H2. The smallest absolute Gasteiger partial charge is 0.213 e. The highest BCUT2D eigenvalue weighted by Crippen LogP contribution is 2.25. The van der Waals surface area contributed by atoms with Gasteiger partial charge in [0.25, 0.3) is 0 Å². The third-order valence-corrected chi connectivity index (χ3v) is 6.24. The van der Waals surface area contributed by atoms with Crippen molar-refractivity contribution in [2.45, 2.75) is 37.4 Å². The molecule has 0 bridgehead atoms. The number of furan rings is 1. The lowest BCUT2D eigenvalue weighted by Gasteiger charge is -2.21. The Kier molecular flexibility index (Phi) is 3.85. The lowest BCUT2D eigenvalue weighted by atomic mass is 10.0. The van der Waals surface area contributed by atoms with Crippen molar-refractivity contribution in [1.29, 1.82) is 0 Å². The van der Waals surface area contributed by atoms with Gasteiger partial charge in [0.15, 0.2) is 15.6 Å². The fraction of sp³-hybridized carbons (Fsp3) is 0.438. The quantitative estimate of drug-likeness (QED) is 0.812. The molecule has 112 valence electrons. The van der Waals surface area contributed by atoms with Gasteiger partial charge in [0.1, 0.15) is 11.3 Å². The second kappa shape index (κ2) is 5.64. The number of carbonyl (C=O) groups excluding carboxylic acids is 1. The molecule has 5 heteroatoms. The Bertz CT molecular complexity index is 718. The van der Waals surface area contributed by atoms with Crippen LogP contribution in [0.3, 0.4) is 0 Å². The van der Waals surface area contributed by atoms with E-state index in [4.69, 9.17) is 4.42 Å². The van der Waals surface area contributed by atoms with Crippen molar-refractivity contribution in [2.75, 3.05) is 5.75 Å². The molecule has 21 heavy (non-hydrogen) atoms. The zero-order valence-electron chi connectivity index (χ0n) is 11.7. The number of rotatable bonds is 4. The Morgan fingerprint density at radius 1 is 1.14 bits per heavy atom. The fourth-order valence-corrected chi connectivity index (χ4v) is 4.71. The van der Waals surface area contributed by atoms with Gasteiger partial charge in [0, 0.05) is 5.39 Å². The van der Waals surface area contributed by atoms with E-state index in [0.29, 0.717) is 18.4 Å². The summed E-state index contributed by atoms with van der Waals surface area (Å²) in [4.78, 5) is 12.2. The van der Waals surface area contributed by atoms with Gasteiger partial charge in [0.2, 0.25) is 5.78 Å². The van der Waals surface area contributed by atoms with Crippen LogP contribution in [-0.2, 0) is 9.84 Å². The van der Waals surface area contributed by atoms with Crippen molar-refractivity contribution < 1.29 is 17.6 Å². The van der Waals surface area contributed by atoms with Crippen molar-refractivity contribution in [3.8, 4) is 0 Å². The SMILES string of the molecule is O=C(CS(=O)(=O)C1CCCCC1)c1cc2ccccc2o1. The predicted octanol–water partition coefficient (Wildman–Crippen LogP) is 3.36. The summed E-state index contributed by atoms with van der Waals surface area (Å²) in [6, 6.07) is 8.89. The highest BCUT2D eigenvalue weighted by atomic mass is 32.2. The van der Waals surface area contributed by atoms with Gasteiger partial charge in [-0.2, -0.15) is 0 Å². The van der Waals surface area contributed by atoms with Crippen molar-refractivity contribution in [3.63, 3.8) is 0 Å². The van der Waals surface area contributed by atoms with Gasteiger partial charge in [-0.15, -0.1) is 0 Å². The Balaban J connectivity index is 1.78. The first-order chi connectivity index (χ1) is 10.1. The summed E-state index contributed by atoms with van der Waals surface area (Å²) in [7, 11) is -3.38. The maximum atomic E-state index is 12.3. The third kappa shape index (κ3) is 3.02. The van der Waals surface area contributed by atoms with Gasteiger partial charge in [-0.05, 0) is 25.0 Å². The van der Waals surface area contributed by atoms with E-state index < -0.39 is 21.4 Å². The maximum absolute atomic E-state index is 12.3. The van der Waals surface area contributed by atoms with Gasteiger partial charge < -0.3 is 4.42 Å². The molecule has 0 saturated heterocycles. The molecular weight excluding hydrogens is 288 g/mol. The minimum Gasteiger partial charge on any atom is -0.453 e. The van der Waals surface area contributed by atoms with Gasteiger partial charge >= 0.3 is 0 Å². The van der Waals surface area contributed by atoms with E-state index in [9.17, 15) is 13.2 Å². The molecule has 0 radical (unpaired) electrons. The lowest BCUT2D eigenvalue weighted by molar-refractivity contribution is 0.0992. The molecular formula is C16H18O4S. The van der Waals surface area contributed by atoms with Crippen molar-refractivity contribution in [1.82, 2.24) is 0 Å². The summed E-state index contributed by atoms with van der Waals surface area (Å²) in [6.07, 6.45) is 4.31. The van der Waals surface area contributed by atoms with Crippen LogP contribution >= 0.6 is 0 Å². The van der Waals surface area contributed by atoms with Crippen LogP contribution in [0.5, 0.6) is 0 Å². The molecule has 1 aliphatic rings. The van der Waals surface area contributed by atoms with E-state index in [1.54, 1.807) is 12.1 Å². The molecule has 1 aliphatic carbocycles. The molecule has 0 atom stereocenters. The molecule has 0 aliphatic heterocycles. The molecule has 1 fully saturated rings. The van der Waals surface area contributed by atoms with Crippen molar-refractivity contribution in [2.24, 2.45) is 0 Å². The number of hydrogen-bond donors (Lipinski definition) is 0. The number of ketones is 1. The molecule has 4 nitrogen and oxygen atoms in total. The van der Waals surface area contributed by atoms with E-state index in [2.05, 4.69) is 0 Å². The topological polar surface area (TPSA) is 64.3 Å². The Labute approximate surface area is 124 Å². The van der Waals surface area contributed by atoms with Crippen LogP contribution in [0.2, 0.25) is 0 Å². The highest BCUT2D eigenvalue weighted by molar-refractivity contribution is 7.92. The highest BCUT2D eigenvalue weighted by Gasteiger charge is 2.30. The zero-order valence-corrected chi connectivity index (χ0v) is 12.6. The van der Waals surface area contributed by atoms with E-state index in [-0.39, 0.29) is 11.0 Å². The number of benzene rings is 1. The van der Waals surface area contributed by atoms with Crippen LogP contribution in [0.25, 0.3) is 11.0 Å². The molecule has 0 spiro atoms. The van der Waals surface area contributed by atoms with Crippen LogP contribution in [0, 0.1) is 0 Å². The Hall–Kier alpha value is -1.62. The predicted molar refractivity (Wildman–Crippen MR) is 81.2 cm³/mol. The van der Waals surface area contributed by atoms with Crippen LogP contribution in [0.4, 0.5) is 0 Å². The average Bonchev–Trinajstić information content (AvgIpc) is 2.92. The van der Waals surface area contributed by atoms with Crippen LogP contribution in [0.1, 0.15) is 42.7 Å². The molecule has 3 rings (SSSR count). The largest absolute Gasteiger partial charge is 0.453 e. The first-order valence-corrected chi connectivity index (χ1v) is 9.01. The maximum Gasteiger partial charge on any atom is 0.213 e. The molecule has 0 N–H and O–H groups in total. The van der Waals surface area contributed by atoms with Gasteiger partial charge in [-0.1, -0.05) is 37.5 Å². The number of carbonyl (C=O) groups is 1. The molecule has 1 aromatic heterocycles. The molecule has 0 amide bonds. The van der Waals surface area contributed by atoms with Crippen molar-refractivity contribution in [3.05, 3.63) is 36.1 Å². The summed E-state index contributed by atoms with van der Waals surface area (Å²) >= 11 is 0. The number of sulfone groups is 1. The van der Waals surface area contributed by atoms with Crippen LogP contribution in [0.15, 0.2) is 34.7 Å². The lowest BCUT2D eigenvalue weighted by Crippen LogP contribution is -2.29. The zero-order chi connectivity index (χ0) is 14.9. The summed E-state index contributed by atoms with van der Waals surface area (Å²) in [5.74, 6) is -0.760. The molecule has 1 heterocycles. The minimum absolute atomic E-state index is 0.135. The second-order valence-corrected chi connectivity index (χ2v) is 7.92. The minimum atomic E-state index is -3.38. The summed E-state index contributed by atoms with van der Waals surface area (Å²) < 4.78 is 30.1. The van der Waals surface area contributed by atoms with Gasteiger partial charge in [-0.3, -0.25) is 4.79 Å².